The van der Waals surface area contributed by atoms with Gasteiger partial charge in [-0.05, 0) is 128 Å². The minimum atomic E-state index is 0.570. The molecule has 0 unspecified atom stereocenters. The summed E-state index contributed by atoms with van der Waals surface area (Å²) in [6.45, 7) is 15.5. The fourth-order valence-electron chi connectivity index (χ4n) is 7.09. The van der Waals surface area contributed by atoms with Crippen molar-refractivity contribution in [1.29, 1.82) is 0 Å². The molecule has 242 valence electrons. The number of para-hydroxylation sites is 1. The van der Waals surface area contributed by atoms with Gasteiger partial charge in [0, 0.05) is 40.9 Å². The number of rotatable bonds is 9. The largest absolute Gasteiger partial charge is 0.457 e. The van der Waals surface area contributed by atoms with E-state index in [0.717, 1.165) is 58.9 Å². The average Bonchev–Trinajstić information content (AvgIpc) is 3.67. The van der Waals surface area contributed by atoms with Crippen LogP contribution in [0.1, 0.15) is 60.6 Å². The molecule has 0 spiro atoms. The van der Waals surface area contributed by atoms with Crippen LogP contribution >= 0.6 is 0 Å². The molecule has 5 heteroatoms. The lowest BCUT2D eigenvalue weighted by atomic mass is 9.91. The Labute approximate surface area is 283 Å². The van der Waals surface area contributed by atoms with Crippen LogP contribution in [0.2, 0.25) is 0 Å². The van der Waals surface area contributed by atoms with Crippen molar-refractivity contribution in [2.24, 2.45) is 5.92 Å². The van der Waals surface area contributed by atoms with Crippen molar-refractivity contribution >= 4 is 21.8 Å². The first kappa shape index (κ1) is 31.4. The molecule has 7 rings (SSSR count). The van der Waals surface area contributed by atoms with Gasteiger partial charge in [0.25, 0.3) is 0 Å². The first-order valence-corrected chi connectivity index (χ1v) is 17.1. The first-order chi connectivity index (χ1) is 23.2. The highest BCUT2D eigenvalue weighted by Gasteiger charge is 2.17. The van der Waals surface area contributed by atoms with Crippen LogP contribution in [0.25, 0.3) is 44.4 Å². The average molecular weight is 633 g/mol. The summed E-state index contributed by atoms with van der Waals surface area (Å²) >= 11 is 0. The molecule has 5 nitrogen and oxygen atoms in total. The topological polar surface area (TPSA) is 44.9 Å². The summed E-state index contributed by atoms with van der Waals surface area (Å²) in [5.74, 6) is 3.07. The number of aromatic nitrogens is 4. The second-order valence-electron chi connectivity index (χ2n) is 13.6. The van der Waals surface area contributed by atoms with E-state index in [0.29, 0.717) is 5.92 Å². The Kier molecular flexibility index (Phi) is 8.38. The number of ether oxygens (including phenoxy) is 1. The van der Waals surface area contributed by atoms with Crippen LogP contribution in [0.4, 0.5) is 0 Å². The normalized spacial score (nSPS) is 11.7. The molecule has 0 aliphatic heterocycles. The van der Waals surface area contributed by atoms with Gasteiger partial charge in [-0.1, -0.05) is 51.5 Å². The molecule has 0 radical (unpaired) electrons. The van der Waals surface area contributed by atoms with E-state index in [9.17, 15) is 0 Å². The van der Waals surface area contributed by atoms with Crippen LogP contribution in [0.5, 0.6) is 11.5 Å². The van der Waals surface area contributed by atoms with Crippen molar-refractivity contribution in [1.82, 2.24) is 19.3 Å². The van der Waals surface area contributed by atoms with E-state index in [4.69, 9.17) is 14.8 Å². The van der Waals surface area contributed by atoms with Gasteiger partial charge >= 0.3 is 0 Å². The van der Waals surface area contributed by atoms with Gasteiger partial charge in [0.1, 0.15) is 17.3 Å². The molecule has 0 saturated carbocycles. The standard InChI is InChI=1S/C43H44N4O/c1-8-11-32-20-35(46-26-34(25-45-46)43-30(6)28(4)19-29(5)31(43)7)23-37(21-32)48-36-14-15-39-38-12-9-10-13-40(38)47(41(39)24-36)42-22-33(16-17-44-42)18-27(2)3/h9-10,12-17,19-27H,8,11,18H2,1-7H3. The van der Waals surface area contributed by atoms with E-state index in [2.05, 4.69) is 138 Å². The number of pyridine rings is 1. The summed E-state index contributed by atoms with van der Waals surface area (Å²) in [5.41, 5.74) is 13.3. The highest BCUT2D eigenvalue weighted by atomic mass is 16.5. The van der Waals surface area contributed by atoms with Gasteiger partial charge in [0.2, 0.25) is 0 Å². The number of hydrogen-bond donors (Lipinski definition) is 0. The Morgan fingerprint density at radius 1 is 0.750 bits per heavy atom. The van der Waals surface area contributed by atoms with E-state index < -0.39 is 0 Å². The molecule has 0 N–H and O–H groups in total. The highest BCUT2D eigenvalue weighted by Crippen LogP contribution is 2.36. The number of nitrogens with zero attached hydrogens (tertiary/aromatic N) is 4. The van der Waals surface area contributed by atoms with E-state index in [1.807, 2.05) is 17.1 Å². The lowest BCUT2D eigenvalue weighted by molar-refractivity contribution is 0.482. The monoisotopic (exact) mass is 632 g/mol. The molecule has 0 saturated heterocycles. The van der Waals surface area contributed by atoms with Gasteiger partial charge in [-0.2, -0.15) is 5.10 Å². The molecule has 7 aromatic rings. The molecule has 0 aliphatic rings. The highest BCUT2D eigenvalue weighted by molar-refractivity contribution is 6.09. The molecule has 0 bridgehead atoms. The van der Waals surface area contributed by atoms with Crippen molar-refractivity contribution in [2.75, 3.05) is 0 Å². The van der Waals surface area contributed by atoms with Crippen LogP contribution in [-0.4, -0.2) is 19.3 Å². The number of hydrogen-bond acceptors (Lipinski definition) is 3. The maximum Gasteiger partial charge on any atom is 0.137 e. The zero-order chi connectivity index (χ0) is 33.5. The van der Waals surface area contributed by atoms with Gasteiger partial charge < -0.3 is 4.74 Å². The van der Waals surface area contributed by atoms with E-state index in [-0.39, 0.29) is 0 Å². The Balaban J connectivity index is 1.29. The van der Waals surface area contributed by atoms with E-state index >= 15 is 0 Å². The maximum atomic E-state index is 6.69. The first-order valence-electron chi connectivity index (χ1n) is 17.1. The number of fused-ring (bicyclic) bond motifs is 3. The fraction of sp³-hybridized carbons (Fsp3) is 0.256. The molecule has 0 aliphatic carbocycles. The predicted octanol–water partition coefficient (Wildman–Crippen LogP) is 11.2. The summed E-state index contributed by atoms with van der Waals surface area (Å²) < 4.78 is 10.9. The van der Waals surface area contributed by atoms with E-state index in [1.165, 1.54) is 49.7 Å². The van der Waals surface area contributed by atoms with Crippen molar-refractivity contribution in [3.63, 3.8) is 0 Å². The van der Waals surface area contributed by atoms with Gasteiger partial charge in [-0.15, -0.1) is 0 Å². The van der Waals surface area contributed by atoms with Gasteiger partial charge in [0.05, 0.1) is 22.9 Å². The SMILES string of the molecule is CCCc1cc(Oc2ccc3c4ccccc4n(-c4cc(CC(C)C)ccn4)c3c2)cc(-n2cc(-c3c(C)c(C)cc(C)c3C)cn2)c1. The molecule has 3 heterocycles. The molecule has 4 aromatic carbocycles. The van der Waals surface area contributed by atoms with Crippen molar-refractivity contribution in [2.45, 2.75) is 67.7 Å². The van der Waals surface area contributed by atoms with Crippen molar-refractivity contribution in [3.05, 3.63) is 131 Å². The molecular formula is C43H44N4O. The predicted molar refractivity (Wildman–Crippen MR) is 199 cm³/mol. The van der Waals surface area contributed by atoms with Crippen LogP contribution in [0.15, 0.2) is 97.5 Å². The molecule has 0 amide bonds. The summed E-state index contributed by atoms with van der Waals surface area (Å²) in [7, 11) is 0. The number of aryl methyl sites for hydroxylation is 3. The minimum absolute atomic E-state index is 0.570. The number of benzene rings is 4. The Hall–Kier alpha value is -5.16. The molecular weight excluding hydrogens is 589 g/mol. The molecule has 3 aromatic heterocycles. The minimum Gasteiger partial charge on any atom is -0.457 e. The third-order valence-corrected chi connectivity index (χ3v) is 9.56. The van der Waals surface area contributed by atoms with Crippen LogP contribution in [0.3, 0.4) is 0 Å². The Bertz CT molecular complexity index is 2260. The van der Waals surface area contributed by atoms with E-state index in [1.54, 1.807) is 0 Å². The second-order valence-corrected chi connectivity index (χ2v) is 13.6. The van der Waals surface area contributed by atoms with Gasteiger partial charge in [-0.25, -0.2) is 9.67 Å². The fourth-order valence-corrected chi connectivity index (χ4v) is 7.09. The summed E-state index contributed by atoms with van der Waals surface area (Å²) in [6.07, 6.45) is 9.08. The van der Waals surface area contributed by atoms with Crippen molar-refractivity contribution in [3.8, 4) is 34.1 Å². The third kappa shape index (κ3) is 5.90. The maximum absolute atomic E-state index is 6.69. The summed E-state index contributed by atoms with van der Waals surface area (Å²) in [5, 5.41) is 7.22. The van der Waals surface area contributed by atoms with Crippen molar-refractivity contribution < 1.29 is 4.74 Å². The zero-order valence-corrected chi connectivity index (χ0v) is 29.1. The zero-order valence-electron chi connectivity index (χ0n) is 29.1. The summed E-state index contributed by atoms with van der Waals surface area (Å²) in [6, 6.07) is 28.0. The lowest BCUT2D eigenvalue weighted by Crippen LogP contribution is -2.01. The van der Waals surface area contributed by atoms with Gasteiger partial charge in [0.15, 0.2) is 0 Å². The third-order valence-electron chi connectivity index (χ3n) is 9.56. The lowest BCUT2D eigenvalue weighted by Gasteiger charge is -2.14. The molecule has 0 fully saturated rings. The van der Waals surface area contributed by atoms with Crippen LogP contribution in [-0.2, 0) is 12.8 Å². The second kappa shape index (κ2) is 12.8. The Morgan fingerprint density at radius 3 is 2.29 bits per heavy atom. The summed E-state index contributed by atoms with van der Waals surface area (Å²) in [4.78, 5) is 4.84. The van der Waals surface area contributed by atoms with Gasteiger partial charge in [-0.3, -0.25) is 4.57 Å². The molecule has 0 atom stereocenters. The van der Waals surface area contributed by atoms with Crippen LogP contribution in [0, 0.1) is 33.6 Å². The Morgan fingerprint density at radius 2 is 1.52 bits per heavy atom. The van der Waals surface area contributed by atoms with Crippen LogP contribution < -0.4 is 4.74 Å². The molecule has 48 heavy (non-hydrogen) atoms. The smallest absolute Gasteiger partial charge is 0.137 e. The quantitative estimate of drug-likeness (QED) is 0.159.